The number of ether oxygens (including phenoxy) is 1. The number of rotatable bonds is 2. The van der Waals surface area contributed by atoms with Gasteiger partial charge in [-0.15, -0.1) is 0 Å². The zero-order chi connectivity index (χ0) is 8.39. The van der Waals surface area contributed by atoms with Crippen molar-refractivity contribution in [2.24, 2.45) is 0 Å². The maximum atomic E-state index is 10.3. The van der Waals surface area contributed by atoms with E-state index in [2.05, 4.69) is 0 Å². The van der Waals surface area contributed by atoms with Crippen molar-refractivity contribution in [1.82, 2.24) is 0 Å². The van der Waals surface area contributed by atoms with Crippen LogP contribution in [0.2, 0.25) is 0 Å². The number of carbonyl (C=O) groups excluding carboxylic acids is 1. The second kappa shape index (κ2) is 2.95. The number of carbonyl (C=O) groups is 1. The molecule has 1 aliphatic rings. The van der Waals surface area contributed by atoms with Crippen LogP contribution in [0.5, 0.6) is 0 Å². The molecule has 62 valence electrons. The van der Waals surface area contributed by atoms with Gasteiger partial charge in [-0.3, -0.25) is 4.79 Å². The Hall–Kier alpha value is -1.35. The zero-order valence-electron chi connectivity index (χ0n) is 6.40. The van der Waals surface area contributed by atoms with Gasteiger partial charge in [0.2, 0.25) is 0 Å². The van der Waals surface area contributed by atoms with E-state index in [9.17, 15) is 4.79 Å². The van der Waals surface area contributed by atoms with Crippen LogP contribution in [-0.4, -0.2) is 12.9 Å². The first kappa shape index (κ1) is 7.31. The molecule has 2 heterocycles. The van der Waals surface area contributed by atoms with Crippen LogP contribution >= 0.6 is 0 Å². The van der Waals surface area contributed by atoms with Gasteiger partial charge in [0.25, 0.3) is 0 Å². The molecule has 0 saturated carbocycles. The first-order valence-corrected chi connectivity index (χ1v) is 3.73. The van der Waals surface area contributed by atoms with E-state index < -0.39 is 0 Å². The lowest BCUT2D eigenvalue weighted by Crippen LogP contribution is -1.92. The lowest BCUT2D eigenvalue weighted by atomic mass is 10.3. The number of furan rings is 1. The quantitative estimate of drug-likeness (QED) is 0.493. The summed E-state index contributed by atoms with van der Waals surface area (Å²) in [7, 11) is 0. The molecular formula is C9H8O3. The largest absolute Gasteiger partial charge is 0.455 e. The summed E-state index contributed by atoms with van der Waals surface area (Å²) in [5.74, 6) is 1.03. The molecule has 0 aliphatic carbocycles. The smallest absolute Gasteiger partial charge is 0.185 e. The van der Waals surface area contributed by atoms with Crippen molar-refractivity contribution in [1.29, 1.82) is 0 Å². The van der Waals surface area contributed by atoms with E-state index in [1.54, 1.807) is 12.1 Å². The van der Waals surface area contributed by atoms with E-state index in [-0.39, 0.29) is 6.10 Å². The average Bonchev–Trinajstić information content (AvgIpc) is 2.75. The van der Waals surface area contributed by atoms with Gasteiger partial charge in [-0.2, -0.15) is 0 Å². The summed E-state index contributed by atoms with van der Waals surface area (Å²) in [5.41, 5.74) is 0. The second-order valence-electron chi connectivity index (χ2n) is 2.54. The van der Waals surface area contributed by atoms with Crippen LogP contribution in [0.3, 0.4) is 0 Å². The first-order valence-electron chi connectivity index (χ1n) is 3.73. The molecule has 0 aromatic carbocycles. The van der Waals surface area contributed by atoms with E-state index in [1.807, 2.05) is 12.2 Å². The third-order valence-corrected chi connectivity index (χ3v) is 1.73. The summed E-state index contributed by atoms with van der Waals surface area (Å²) in [6.07, 6.45) is 4.40. The van der Waals surface area contributed by atoms with Crippen LogP contribution in [0.15, 0.2) is 28.7 Å². The highest BCUT2D eigenvalue weighted by atomic mass is 16.5. The molecular weight excluding hydrogens is 156 g/mol. The summed E-state index contributed by atoms with van der Waals surface area (Å²) in [4.78, 5) is 10.3. The van der Waals surface area contributed by atoms with Crippen molar-refractivity contribution in [3.8, 4) is 0 Å². The van der Waals surface area contributed by atoms with Crippen molar-refractivity contribution in [2.45, 2.75) is 6.10 Å². The molecule has 0 N–H and O–H groups in total. The first-order chi connectivity index (χ1) is 5.90. The van der Waals surface area contributed by atoms with E-state index in [4.69, 9.17) is 9.15 Å². The van der Waals surface area contributed by atoms with Crippen LogP contribution in [0, 0.1) is 0 Å². The maximum Gasteiger partial charge on any atom is 0.185 e. The Balaban J connectivity index is 2.22. The minimum atomic E-state index is -0.112. The van der Waals surface area contributed by atoms with E-state index >= 15 is 0 Å². The number of hydrogen-bond acceptors (Lipinski definition) is 3. The van der Waals surface area contributed by atoms with Crippen LogP contribution < -0.4 is 0 Å². The number of hydrogen-bond donors (Lipinski definition) is 0. The standard InChI is InChI=1S/C9H8O3/c10-6-7-3-4-9(12-7)8-2-1-5-11-8/h1-4,6,8H,5H2. The summed E-state index contributed by atoms with van der Waals surface area (Å²) in [5, 5.41) is 0. The second-order valence-corrected chi connectivity index (χ2v) is 2.54. The van der Waals surface area contributed by atoms with Crippen molar-refractivity contribution < 1.29 is 13.9 Å². The fraction of sp³-hybridized carbons (Fsp3) is 0.222. The van der Waals surface area contributed by atoms with Gasteiger partial charge in [0.05, 0.1) is 6.61 Å². The molecule has 1 aromatic rings. The zero-order valence-corrected chi connectivity index (χ0v) is 6.40. The SMILES string of the molecule is O=Cc1ccc(C2C=CCO2)o1. The predicted molar refractivity (Wildman–Crippen MR) is 41.9 cm³/mol. The Morgan fingerprint density at radius 1 is 1.50 bits per heavy atom. The molecule has 3 nitrogen and oxygen atoms in total. The molecule has 0 spiro atoms. The fourth-order valence-electron chi connectivity index (χ4n) is 1.16. The van der Waals surface area contributed by atoms with Gasteiger partial charge >= 0.3 is 0 Å². The summed E-state index contributed by atoms with van der Waals surface area (Å²) in [6, 6.07) is 3.39. The van der Waals surface area contributed by atoms with Crippen molar-refractivity contribution in [3.05, 3.63) is 35.8 Å². The van der Waals surface area contributed by atoms with Crippen LogP contribution in [0.25, 0.3) is 0 Å². The summed E-state index contributed by atoms with van der Waals surface area (Å²) < 4.78 is 10.4. The Morgan fingerprint density at radius 3 is 3.00 bits per heavy atom. The number of aldehydes is 1. The highest BCUT2D eigenvalue weighted by molar-refractivity contribution is 5.70. The maximum absolute atomic E-state index is 10.3. The molecule has 3 heteroatoms. The molecule has 0 bridgehead atoms. The van der Waals surface area contributed by atoms with Gasteiger partial charge in [0, 0.05) is 0 Å². The van der Waals surface area contributed by atoms with Crippen LogP contribution in [0.4, 0.5) is 0 Å². The Kier molecular flexibility index (Phi) is 1.80. The molecule has 1 unspecified atom stereocenters. The van der Waals surface area contributed by atoms with E-state index in [1.165, 1.54) is 0 Å². The summed E-state index contributed by atoms with van der Waals surface area (Å²) >= 11 is 0. The van der Waals surface area contributed by atoms with Crippen molar-refractivity contribution in [2.75, 3.05) is 6.61 Å². The van der Waals surface area contributed by atoms with E-state index in [0.29, 0.717) is 24.4 Å². The van der Waals surface area contributed by atoms with Crippen molar-refractivity contribution >= 4 is 6.29 Å². The Bertz CT molecular complexity index is 311. The lowest BCUT2D eigenvalue weighted by Gasteiger charge is -2.02. The fourth-order valence-corrected chi connectivity index (χ4v) is 1.16. The average molecular weight is 164 g/mol. The normalized spacial score (nSPS) is 21.5. The highest BCUT2D eigenvalue weighted by Gasteiger charge is 2.15. The molecule has 12 heavy (non-hydrogen) atoms. The van der Waals surface area contributed by atoms with Gasteiger partial charge in [0.1, 0.15) is 11.9 Å². The van der Waals surface area contributed by atoms with E-state index in [0.717, 1.165) is 0 Å². The molecule has 2 rings (SSSR count). The molecule has 0 radical (unpaired) electrons. The molecule has 0 amide bonds. The van der Waals surface area contributed by atoms with Crippen molar-refractivity contribution in [3.63, 3.8) is 0 Å². The third kappa shape index (κ3) is 1.19. The van der Waals surface area contributed by atoms with Gasteiger partial charge < -0.3 is 9.15 Å². The molecule has 1 aliphatic heterocycles. The predicted octanol–water partition coefficient (Wildman–Crippen LogP) is 1.72. The third-order valence-electron chi connectivity index (χ3n) is 1.73. The summed E-state index contributed by atoms with van der Waals surface area (Å²) in [6.45, 7) is 0.613. The highest BCUT2D eigenvalue weighted by Crippen LogP contribution is 2.24. The van der Waals surface area contributed by atoms with Gasteiger partial charge in [0.15, 0.2) is 12.0 Å². The lowest BCUT2D eigenvalue weighted by molar-refractivity contribution is 0.103. The Morgan fingerprint density at radius 2 is 2.42 bits per heavy atom. The van der Waals surface area contributed by atoms with Crippen LogP contribution in [0.1, 0.15) is 22.4 Å². The molecule has 0 saturated heterocycles. The molecule has 1 aromatic heterocycles. The van der Waals surface area contributed by atoms with Gasteiger partial charge in [-0.05, 0) is 18.2 Å². The molecule has 1 atom stereocenters. The minimum absolute atomic E-state index is 0.112. The molecule has 0 fully saturated rings. The van der Waals surface area contributed by atoms with Crippen LogP contribution in [-0.2, 0) is 4.74 Å². The minimum Gasteiger partial charge on any atom is -0.455 e. The monoisotopic (exact) mass is 164 g/mol. The van der Waals surface area contributed by atoms with Gasteiger partial charge in [-0.1, -0.05) is 6.08 Å². The van der Waals surface area contributed by atoms with Gasteiger partial charge in [-0.25, -0.2) is 0 Å². The topological polar surface area (TPSA) is 39.4 Å². The Labute approximate surface area is 69.6 Å².